The maximum atomic E-state index is 13.5. The first-order valence-electron chi connectivity index (χ1n) is 5.28. The molecule has 1 nitrogen and oxygen atoms in total. The van der Waals surface area contributed by atoms with E-state index in [4.69, 9.17) is 11.6 Å². The first-order chi connectivity index (χ1) is 7.54. The summed E-state index contributed by atoms with van der Waals surface area (Å²) in [5.41, 5.74) is 0.678. The molecule has 0 aromatic heterocycles. The van der Waals surface area contributed by atoms with Crippen molar-refractivity contribution in [3.63, 3.8) is 0 Å². The fourth-order valence-electron chi connectivity index (χ4n) is 1.27. The molecule has 0 fully saturated rings. The molecule has 0 saturated carbocycles. The molecule has 1 rings (SSSR count). The Labute approximate surface area is 110 Å². The Balaban J connectivity index is 2.54. The van der Waals surface area contributed by atoms with E-state index >= 15 is 0 Å². The summed E-state index contributed by atoms with van der Waals surface area (Å²) in [6, 6.07) is 5.38. The van der Waals surface area contributed by atoms with Gasteiger partial charge in [-0.05, 0) is 25.0 Å². The van der Waals surface area contributed by atoms with E-state index in [2.05, 4.69) is 35.1 Å². The van der Waals surface area contributed by atoms with Gasteiger partial charge in [0.15, 0.2) is 0 Å². The van der Waals surface area contributed by atoms with Crippen LogP contribution in [0, 0.1) is 11.7 Å². The highest BCUT2D eigenvalue weighted by atomic mass is 79.9. The van der Waals surface area contributed by atoms with E-state index < -0.39 is 0 Å². The van der Waals surface area contributed by atoms with E-state index in [0.29, 0.717) is 23.9 Å². The van der Waals surface area contributed by atoms with Gasteiger partial charge >= 0.3 is 0 Å². The van der Waals surface area contributed by atoms with Crippen molar-refractivity contribution in [3.05, 3.63) is 34.1 Å². The fourth-order valence-corrected chi connectivity index (χ4v) is 1.87. The molecule has 0 saturated heterocycles. The number of hydrogen-bond donors (Lipinski definition) is 1. The number of alkyl halides is 1. The van der Waals surface area contributed by atoms with Gasteiger partial charge in [-0.1, -0.05) is 28.9 Å². The number of nitrogens with one attached hydrogen (secondary N) is 1. The van der Waals surface area contributed by atoms with Crippen LogP contribution >= 0.6 is 27.5 Å². The number of rotatable bonds is 5. The molecule has 0 spiro atoms. The predicted molar refractivity (Wildman–Crippen MR) is 70.3 cm³/mol. The lowest BCUT2D eigenvalue weighted by Gasteiger charge is -2.19. The minimum Gasteiger partial charge on any atom is -0.310 e. The number of benzene rings is 1. The van der Waals surface area contributed by atoms with Crippen LogP contribution in [0.2, 0.25) is 0 Å². The van der Waals surface area contributed by atoms with Crippen LogP contribution < -0.4 is 5.32 Å². The molecule has 0 heterocycles. The highest BCUT2D eigenvalue weighted by Crippen LogP contribution is 2.15. The first kappa shape index (κ1) is 13.9. The molecule has 1 aromatic carbocycles. The molecule has 0 radical (unpaired) electrons. The summed E-state index contributed by atoms with van der Waals surface area (Å²) in [5, 5.41) is 3.27. The first-order valence-corrected chi connectivity index (χ1v) is 6.60. The van der Waals surface area contributed by atoms with E-state index in [0.717, 1.165) is 4.47 Å². The molecule has 0 aliphatic rings. The molecular formula is C12H16BrClFN. The monoisotopic (exact) mass is 307 g/mol. The van der Waals surface area contributed by atoms with Crippen molar-refractivity contribution in [1.82, 2.24) is 5.32 Å². The molecule has 1 N–H and O–H groups in total. The topological polar surface area (TPSA) is 12.0 Å². The third kappa shape index (κ3) is 4.04. The zero-order valence-electron chi connectivity index (χ0n) is 9.43. The molecule has 0 aliphatic carbocycles. The lowest BCUT2D eigenvalue weighted by atomic mass is 10.1. The second-order valence-electron chi connectivity index (χ2n) is 4.04. The zero-order chi connectivity index (χ0) is 12.1. The Morgan fingerprint density at radius 3 is 2.69 bits per heavy atom. The smallest absolute Gasteiger partial charge is 0.128 e. The molecule has 0 bridgehead atoms. The standard InChI is InChI=1S/C12H16BrClFN/c1-8(6-14)9(2)16-7-10-3-4-11(13)5-12(10)15/h3-5,8-9,16H,6-7H2,1-2H3. The van der Waals surface area contributed by atoms with Gasteiger partial charge in [-0.15, -0.1) is 11.6 Å². The van der Waals surface area contributed by atoms with Crippen molar-refractivity contribution in [2.45, 2.75) is 26.4 Å². The maximum Gasteiger partial charge on any atom is 0.128 e. The minimum atomic E-state index is -0.187. The van der Waals surface area contributed by atoms with Crippen molar-refractivity contribution >= 4 is 27.5 Å². The molecule has 0 amide bonds. The Bertz CT molecular complexity index is 346. The van der Waals surface area contributed by atoms with Gasteiger partial charge in [0.1, 0.15) is 5.82 Å². The van der Waals surface area contributed by atoms with E-state index in [1.54, 1.807) is 6.07 Å². The Kier molecular flexibility index (Phi) is 5.73. The summed E-state index contributed by atoms with van der Waals surface area (Å²) < 4.78 is 14.2. The molecule has 2 atom stereocenters. The summed E-state index contributed by atoms with van der Waals surface area (Å²) in [5.74, 6) is 0.796. The maximum absolute atomic E-state index is 13.5. The van der Waals surface area contributed by atoms with Gasteiger partial charge in [0, 0.05) is 28.5 Å². The van der Waals surface area contributed by atoms with Crippen LogP contribution in [0.5, 0.6) is 0 Å². The Morgan fingerprint density at radius 1 is 1.44 bits per heavy atom. The van der Waals surface area contributed by atoms with Gasteiger partial charge in [0.2, 0.25) is 0 Å². The van der Waals surface area contributed by atoms with Crippen LogP contribution in [0.3, 0.4) is 0 Å². The molecular weight excluding hydrogens is 292 g/mol. The quantitative estimate of drug-likeness (QED) is 0.812. The second-order valence-corrected chi connectivity index (χ2v) is 5.26. The van der Waals surface area contributed by atoms with Gasteiger partial charge < -0.3 is 5.32 Å². The van der Waals surface area contributed by atoms with Gasteiger partial charge in [0.05, 0.1) is 0 Å². The summed E-state index contributed by atoms with van der Waals surface area (Å²) in [4.78, 5) is 0. The predicted octanol–water partition coefficient (Wildman–Crippen LogP) is 3.94. The fraction of sp³-hybridized carbons (Fsp3) is 0.500. The number of halogens is 3. The molecule has 2 unspecified atom stereocenters. The van der Waals surface area contributed by atoms with Crippen molar-refractivity contribution in [2.75, 3.05) is 5.88 Å². The number of hydrogen-bond acceptors (Lipinski definition) is 1. The van der Waals surface area contributed by atoms with Crippen LogP contribution in [0.25, 0.3) is 0 Å². The highest BCUT2D eigenvalue weighted by molar-refractivity contribution is 9.10. The lowest BCUT2D eigenvalue weighted by molar-refractivity contribution is 0.425. The van der Waals surface area contributed by atoms with E-state index in [1.165, 1.54) is 6.07 Å². The minimum absolute atomic E-state index is 0.187. The second kappa shape index (κ2) is 6.58. The third-order valence-electron chi connectivity index (χ3n) is 2.73. The van der Waals surface area contributed by atoms with Crippen LogP contribution in [-0.4, -0.2) is 11.9 Å². The van der Waals surface area contributed by atoms with Crippen molar-refractivity contribution in [2.24, 2.45) is 5.92 Å². The van der Waals surface area contributed by atoms with Crippen LogP contribution in [0.1, 0.15) is 19.4 Å². The normalized spacial score (nSPS) is 14.8. The van der Waals surface area contributed by atoms with Crippen LogP contribution in [-0.2, 0) is 6.54 Å². The molecule has 90 valence electrons. The van der Waals surface area contributed by atoms with Gasteiger partial charge in [-0.2, -0.15) is 0 Å². The summed E-state index contributed by atoms with van der Waals surface area (Å²) in [6.45, 7) is 4.66. The molecule has 4 heteroatoms. The van der Waals surface area contributed by atoms with Gasteiger partial charge in [-0.25, -0.2) is 4.39 Å². The summed E-state index contributed by atoms with van der Waals surface area (Å²) in [7, 11) is 0. The molecule has 16 heavy (non-hydrogen) atoms. The molecule has 1 aromatic rings. The summed E-state index contributed by atoms with van der Waals surface area (Å²) >= 11 is 8.99. The van der Waals surface area contributed by atoms with Crippen molar-refractivity contribution < 1.29 is 4.39 Å². The third-order valence-corrected chi connectivity index (χ3v) is 3.71. The average Bonchev–Trinajstić information content (AvgIpc) is 2.26. The van der Waals surface area contributed by atoms with Crippen molar-refractivity contribution in [3.8, 4) is 0 Å². The van der Waals surface area contributed by atoms with E-state index in [-0.39, 0.29) is 11.9 Å². The Hall–Kier alpha value is -0.120. The van der Waals surface area contributed by atoms with Crippen LogP contribution in [0.15, 0.2) is 22.7 Å². The average molecular weight is 309 g/mol. The van der Waals surface area contributed by atoms with Gasteiger partial charge in [0.25, 0.3) is 0 Å². The highest BCUT2D eigenvalue weighted by Gasteiger charge is 2.11. The Morgan fingerprint density at radius 2 is 2.12 bits per heavy atom. The van der Waals surface area contributed by atoms with Gasteiger partial charge in [-0.3, -0.25) is 0 Å². The summed E-state index contributed by atoms with van der Waals surface area (Å²) in [6.07, 6.45) is 0. The largest absolute Gasteiger partial charge is 0.310 e. The van der Waals surface area contributed by atoms with Crippen LogP contribution in [0.4, 0.5) is 4.39 Å². The molecule has 0 aliphatic heterocycles. The zero-order valence-corrected chi connectivity index (χ0v) is 11.8. The van der Waals surface area contributed by atoms with E-state index in [9.17, 15) is 4.39 Å². The lowest BCUT2D eigenvalue weighted by Crippen LogP contribution is -2.32. The SMILES string of the molecule is CC(CCl)C(C)NCc1ccc(Br)cc1F. The van der Waals surface area contributed by atoms with E-state index in [1.807, 2.05) is 6.07 Å². The van der Waals surface area contributed by atoms with Crippen molar-refractivity contribution in [1.29, 1.82) is 0 Å².